The minimum atomic E-state index is -2.05. The lowest BCUT2D eigenvalue weighted by molar-refractivity contribution is -0.313. The molecule has 7 rings (SSSR count). The Balaban J connectivity index is 1.23. The van der Waals surface area contributed by atoms with Gasteiger partial charge >= 0.3 is 5.97 Å². The number of aliphatic hydroxyl groups is 7. The Hall–Kier alpha value is -5.36. The smallest absolute Gasteiger partial charge is 0.331 e. The molecule has 20 heteroatoms. The molecule has 0 bridgehead atoms. The number of ether oxygens (including phenoxy) is 7. The van der Waals surface area contributed by atoms with Gasteiger partial charge in [-0.15, -0.1) is 0 Å². The van der Waals surface area contributed by atoms with Crippen LogP contribution in [0.1, 0.15) is 26.3 Å². The topological polar surface area (TPSA) is 314 Å². The fourth-order valence-electron chi connectivity index (χ4n) is 7.29. The third-order valence-corrected chi connectivity index (χ3v) is 11.2. The maximum absolute atomic E-state index is 14.4. The van der Waals surface area contributed by atoms with Gasteiger partial charge in [0.2, 0.25) is 23.8 Å². The lowest BCUT2D eigenvalue weighted by Crippen LogP contribution is -2.62. The summed E-state index contributed by atoms with van der Waals surface area (Å²) in [6.07, 6.45) is -19.0. The van der Waals surface area contributed by atoms with E-state index in [1.54, 1.807) is 13.8 Å². The number of aromatic hydroxyl groups is 3. The molecule has 63 heavy (non-hydrogen) atoms. The van der Waals surface area contributed by atoms with E-state index in [1.807, 2.05) is 0 Å². The third kappa shape index (κ3) is 9.61. The number of rotatable bonds is 11. The number of carbonyl (C=O) groups is 1. The molecule has 0 radical (unpaired) electrons. The monoisotopic (exact) mass is 884 g/mol. The summed E-state index contributed by atoms with van der Waals surface area (Å²) in [6.45, 7) is 4.14. The molecule has 0 amide bonds. The molecule has 1 aromatic heterocycles. The number of phenols is 3. The number of hydrogen-bond acceptors (Lipinski definition) is 20. The van der Waals surface area contributed by atoms with E-state index in [0.29, 0.717) is 5.56 Å². The van der Waals surface area contributed by atoms with Gasteiger partial charge in [0, 0.05) is 29.7 Å². The standard InChI is InChI=1S/C43H48O20/c1-17-18(2)57-41(35(53)30(17)48)56-16-27-32(50)39(62-28(47)13-6-20-4-9-22(44)10-5-20)37(55)43(61-27)63-40-33(51)29-25(46)14-24(59-42-36(54)34(52)31(49)19(3)58-42)15-26(29)60-38(40)21-7-11-23(45)12-8-21/h4-15,17-19,27,30-32,34-37,39,41-46,48-50,52-55H,16H2,1-3H3. The van der Waals surface area contributed by atoms with E-state index >= 15 is 0 Å². The molecule has 3 fully saturated rings. The zero-order chi connectivity index (χ0) is 45.4. The summed E-state index contributed by atoms with van der Waals surface area (Å²) >= 11 is 0. The molecule has 0 saturated carbocycles. The van der Waals surface area contributed by atoms with E-state index in [-0.39, 0.29) is 34.2 Å². The van der Waals surface area contributed by atoms with Gasteiger partial charge in [-0.2, -0.15) is 0 Å². The van der Waals surface area contributed by atoms with Crippen LogP contribution in [0.4, 0.5) is 0 Å². The van der Waals surface area contributed by atoms with Crippen LogP contribution in [-0.4, -0.2) is 150 Å². The van der Waals surface area contributed by atoms with Gasteiger partial charge in [-0.3, -0.25) is 4.79 Å². The molecule has 15 atom stereocenters. The highest BCUT2D eigenvalue weighted by Crippen LogP contribution is 2.39. The van der Waals surface area contributed by atoms with Crippen molar-refractivity contribution in [1.82, 2.24) is 0 Å². The number of hydrogen-bond donors (Lipinski definition) is 10. The molecule has 4 heterocycles. The summed E-state index contributed by atoms with van der Waals surface area (Å²) in [5, 5.41) is 106. The second-order valence-corrected chi connectivity index (χ2v) is 15.6. The van der Waals surface area contributed by atoms with E-state index in [2.05, 4.69) is 0 Å². The van der Waals surface area contributed by atoms with Crippen molar-refractivity contribution >= 4 is 23.0 Å². The Morgan fingerprint density at radius 3 is 1.98 bits per heavy atom. The second kappa shape index (κ2) is 18.8. The van der Waals surface area contributed by atoms with Crippen LogP contribution in [0, 0.1) is 5.92 Å². The second-order valence-electron chi connectivity index (χ2n) is 15.6. The fraction of sp³-hybridized carbons (Fsp3) is 0.442. The van der Waals surface area contributed by atoms with Crippen LogP contribution in [0.3, 0.4) is 0 Å². The van der Waals surface area contributed by atoms with Crippen LogP contribution >= 0.6 is 0 Å². The zero-order valence-corrected chi connectivity index (χ0v) is 33.9. The summed E-state index contributed by atoms with van der Waals surface area (Å²) in [5.74, 6) is -3.65. The Morgan fingerprint density at radius 2 is 1.30 bits per heavy atom. The molecular formula is C43H48O20. The van der Waals surface area contributed by atoms with Crippen LogP contribution in [0.15, 0.2) is 76.0 Å². The van der Waals surface area contributed by atoms with Gasteiger partial charge in [-0.25, -0.2) is 4.79 Å². The van der Waals surface area contributed by atoms with Gasteiger partial charge in [0.05, 0.1) is 24.9 Å². The van der Waals surface area contributed by atoms with Crippen molar-refractivity contribution in [1.29, 1.82) is 0 Å². The van der Waals surface area contributed by atoms with Crippen molar-refractivity contribution < 1.29 is 93.4 Å². The quantitative estimate of drug-likeness (QED) is 0.0718. The number of benzene rings is 3. The molecule has 4 aromatic rings. The zero-order valence-electron chi connectivity index (χ0n) is 33.9. The average molecular weight is 885 g/mol. The highest BCUT2D eigenvalue weighted by Gasteiger charge is 2.50. The lowest BCUT2D eigenvalue weighted by Gasteiger charge is -2.43. The number of aliphatic hydroxyl groups excluding tert-OH is 7. The molecule has 20 nitrogen and oxygen atoms in total. The molecule has 3 saturated heterocycles. The number of carbonyl (C=O) groups excluding carboxylic acids is 1. The van der Waals surface area contributed by atoms with Crippen molar-refractivity contribution in [3.8, 4) is 40.1 Å². The molecule has 3 aromatic carbocycles. The van der Waals surface area contributed by atoms with Gasteiger partial charge in [0.25, 0.3) is 0 Å². The van der Waals surface area contributed by atoms with Crippen LogP contribution in [0.2, 0.25) is 0 Å². The van der Waals surface area contributed by atoms with Gasteiger partial charge in [0.1, 0.15) is 70.6 Å². The predicted octanol–water partition coefficient (Wildman–Crippen LogP) is 0.353. The van der Waals surface area contributed by atoms with Crippen LogP contribution in [0.25, 0.3) is 28.4 Å². The van der Waals surface area contributed by atoms with Gasteiger partial charge < -0.3 is 88.6 Å². The Labute approximate surface area is 357 Å². The van der Waals surface area contributed by atoms with Crippen molar-refractivity contribution in [3.63, 3.8) is 0 Å². The third-order valence-electron chi connectivity index (χ3n) is 11.2. The van der Waals surface area contributed by atoms with Gasteiger partial charge in [-0.1, -0.05) is 19.1 Å². The van der Waals surface area contributed by atoms with Crippen LogP contribution < -0.4 is 14.9 Å². The van der Waals surface area contributed by atoms with Crippen molar-refractivity contribution in [2.45, 2.75) is 107 Å². The average Bonchev–Trinajstić information content (AvgIpc) is 3.25. The first kappa shape index (κ1) is 45.7. The highest BCUT2D eigenvalue weighted by atomic mass is 16.7. The Kier molecular flexibility index (Phi) is 13.6. The fourth-order valence-corrected chi connectivity index (χ4v) is 7.29. The summed E-state index contributed by atoms with van der Waals surface area (Å²) in [4.78, 5) is 27.6. The summed E-state index contributed by atoms with van der Waals surface area (Å²) in [7, 11) is 0. The number of phenolic OH excluding ortho intramolecular Hbond substituents is 3. The van der Waals surface area contributed by atoms with Gasteiger partial charge in [-0.05, 0) is 61.9 Å². The van der Waals surface area contributed by atoms with Crippen molar-refractivity contribution in [2.24, 2.45) is 5.92 Å². The summed E-state index contributed by atoms with van der Waals surface area (Å²) in [5.41, 5.74) is -0.745. The lowest BCUT2D eigenvalue weighted by atomic mass is 9.92. The highest BCUT2D eigenvalue weighted by molar-refractivity contribution is 5.88. The van der Waals surface area contributed by atoms with Crippen LogP contribution in [0.5, 0.6) is 28.7 Å². The molecule has 0 aliphatic carbocycles. The molecular weight excluding hydrogens is 836 g/mol. The van der Waals surface area contributed by atoms with Crippen LogP contribution in [-0.2, 0) is 28.5 Å². The van der Waals surface area contributed by atoms with Crippen molar-refractivity contribution in [2.75, 3.05) is 6.61 Å². The maximum Gasteiger partial charge on any atom is 0.331 e. The number of esters is 1. The van der Waals surface area contributed by atoms with E-state index in [1.165, 1.54) is 67.6 Å². The molecule has 3 aliphatic heterocycles. The Morgan fingerprint density at radius 1 is 0.683 bits per heavy atom. The minimum absolute atomic E-state index is 0.0148. The molecule has 10 N–H and O–H groups in total. The first-order valence-electron chi connectivity index (χ1n) is 19.9. The summed E-state index contributed by atoms with van der Waals surface area (Å²) in [6, 6.07) is 13.2. The molecule has 3 aliphatic rings. The first-order valence-corrected chi connectivity index (χ1v) is 19.9. The molecule has 0 spiro atoms. The molecule has 340 valence electrons. The SMILES string of the molecule is CC1OC(OCC2OC(Oc3c(-c4ccc(O)cc4)oc4cc(OC5OC(C)C(O)C(O)C5O)cc(O)c4c3=O)C(O)C(OC(=O)C=Cc3ccc(O)cc3)C2O)C(O)C(O)C1C. The minimum Gasteiger partial charge on any atom is -0.508 e. The van der Waals surface area contributed by atoms with Gasteiger partial charge in [0.15, 0.2) is 24.3 Å². The normalized spacial score (nSPS) is 33.6. The summed E-state index contributed by atoms with van der Waals surface area (Å²) < 4.78 is 46.4. The van der Waals surface area contributed by atoms with Crippen molar-refractivity contribution in [3.05, 3.63) is 82.5 Å². The molecule has 15 unspecified atom stereocenters. The van der Waals surface area contributed by atoms with E-state index < -0.39 is 127 Å². The predicted molar refractivity (Wildman–Crippen MR) is 214 cm³/mol. The largest absolute Gasteiger partial charge is 0.508 e. The first-order chi connectivity index (χ1) is 29.9. The van der Waals surface area contributed by atoms with E-state index in [0.717, 1.165) is 12.1 Å². The van der Waals surface area contributed by atoms with E-state index in [4.69, 9.17) is 37.6 Å². The van der Waals surface area contributed by atoms with E-state index in [9.17, 15) is 60.7 Å². The maximum atomic E-state index is 14.4. The Bertz CT molecular complexity index is 2310. The number of fused-ring (bicyclic) bond motifs is 1.